The van der Waals surface area contributed by atoms with E-state index in [2.05, 4.69) is 50.0 Å². The topological polar surface area (TPSA) is 49.2 Å². The summed E-state index contributed by atoms with van der Waals surface area (Å²) >= 11 is 1.26. The van der Waals surface area contributed by atoms with Crippen LogP contribution in [0.1, 0.15) is 24.0 Å². The van der Waals surface area contributed by atoms with Gasteiger partial charge in [-0.2, -0.15) is 8.75 Å². The average Bonchev–Trinajstić information content (AvgIpc) is 3.05. The van der Waals surface area contributed by atoms with Gasteiger partial charge >= 0.3 is 0 Å². The molecule has 0 spiro atoms. The fraction of sp³-hybridized carbons (Fsp3) is 0.333. The number of hydrogen-bond donors (Lipinski definition) is 1. The Morgan fingerprint density at radius 3 is 2.91 bits per heavy atom. The van der Waals surface area contributed by atoms with Gasteiger partial charge in [-0.25, -0.2) is 0 Å². The highest BCUT2D eigenvalue weighted by atomic mass is 32.1. The highest BCUT2D eigenvalue weighted by molar-refractivity contribution is 7.00. The van der Waals surface area contributed by atoms with Crippen molar-refractivity contribution in [1.82, 2.24) is 8.75 Å². The van der Waals surface area contributed by atoms with Crippen LogP contribution in [0.2, 0.25) is 0 Å². The van der Waals surface area contributed by atoms with E-state index in [1.807, 2.05) is 6.07 Å². The summed E-state index contributed by atoms with van der Waals surface area (Å²) in [5, 5.41) is 9.42. The number of hydrogen-bond acceptors (Lipinski definition) is 5. The van der Waals surface area contributed by atoms with E-state index in [1.165, 1.54) is 28.5 Å². The predicted octanol–water partition coefficient (Wildman–Crippen LogP) is 3.40. The number of aryl methyl sites for hydroxylation is 1. The van der Waals surface area contributed by atoms with Crippen LogP contribution in [-0.2, 0) is 13.0 Å². The van der Waals surface area contributed by atoms with Gasteiger partial charge in [0.15, 0.2) is 0 Å². The first-order chi connectivity index (χ1) is 11.3. The van der Waals surface area contributed by atoms with Crippen molar-refractivity contribution in [2.75, 3.05) is 11.5 Å². The van der Waals surface area contributed by atoms with Crippen LogP contribution in [-0.4, -0.2) is 26.5 Å². The van der Waals surface area contributed by atoms with Crippen molar-refractivity contribution in [1.29, 1.82) is 0 Å². The number of benzene rings is 2. The van der Waals surface area contributed by atoms with Gasteiger partial charge in [0.05, 0.1) is 11.7 Å². The lowest BCUT2D eigenvalue weighted by atomic mass is 9.93. The molecule has 5 heteroatoms. The summed E-state index contributed by atoms with van der Waals surface area (Å²) in [6, 6.07) is 15.3. The van der Waals surface area contributed by atoms with Gasteiger partial charge in [0.1, 0.15) is 11.0 Å². The number of aliphatic hydroxyl groups excluding tert-OH is 1. The second-order valence-corrected chi connectivity index (χ2v) is 6.58. The molecule has 2 aromatic carbocycles. The molecule has 23 heavy (non-hydrogen) atoms. The molecule has 3 aromatic rings. The van der Waals surface area contributed by atoms with Crippen LogP contribution in [0.15, 0.2) is 42.5 Å². The molecule has 0 aliphatic carbocycles. The summed E-state index contributed by atoms with van der Waals surface area (Å²) in [6.07, 6.45) is 3.00. The molecule has 1 unspecified atom stereocenters. The van der Waals surface area contributed by atoms with Gasteiger partial charge in [0, 0.05) is 24.9 Å². The van der Waals surface area contributed by atoms with Crippen LogP contribution in [0.25, 0.3) is 11.0 Å². The normalized spacial score (nSPS) is 17.4. The lowest BCUT2D eigenvalue weighted by Crippen LogP contribution is -2.39. The molecular formula is C18H19N3OS. The molecule has 0 amide bonds. The van der Waals surface area contributed by atoms with E-state index in [1.54, 1.807) is 0 Å². The summed E-state index contributed by atoms with van der Waals surface area (Å²) in [6.45, 7) is 1.08. The maximum atomic E-state index is 9.42. The van der Waals surface area contributed by atoms with E-state index in [9.17, 15) is 5.11 Å². The molecular weight excluding hydrogens is 306 g/mol. The molecule has 2 heterocycles. The first-order valence-electron chi connectivity index (χ1n) is 8.02. The van der Waals surface area contributed by atoms with E-state index in [4.69, 9.17) is 0 Å². The van der Waals surface area contributed by atoms with Crippen LogP contribution < -0.4 is 4.90 Å². The third-order valence-electron chi connectivity index (χ3n) is 4.62. The van der Waals surface area contributed by atoms with Gasteiger partial charge in [-0.05, 0) is 48.6 Å². The Kier molecular flexibility index (Phi) is 3.97. The molecule has 1 aliphatic rings. The Morgan fingerprint density at radius 2 is 2.00 bits per heavy atom. The number of para-hydroxylation sites is 1. The highest BCUT2D eigenvalue weighted by Crippen LogP contribution is 2.33. The van der Waals surface area contributed by atoms with Crippen molar-refractivity contribution in [3.63, 3.8) is 0 Å². The van der Waals surface area contributed by atoms with Gasteiger partial charge < -0.3 is 10.0 Å². The smallest absolute Gasteiger partial charge is 0.105 e. The summed E-state index contributed by atoms with van der Waals surface area (Å²) in [4.78, 5) is 2.44. The second-order valence-electron chi connectivity index (χ2n) is 6.05. The Balaban J connectivity index is 1.68. The Hall–Kier alpha value is -1.98. The molecule has 1 aromatic heterocycles. The number of nitrogens with zero attached hydrogens (tertiary/aromatic N) is 3. The second kappa shape index (κ2) is 6.26. The lowest BCUT2D eigenvalue weighted by molar-refractivity contribution is 0.267. The van der Waals surface area contributed by atoms with Gasteiger partial charge in [-0.3, -0.25) is 0 Å². The van der Waals surface area contributed by atoms with E-state index in [-0.39, 0.29) is 6.61 Å². The van der Waals surface area contributed by atoms with E-state index in [0.717, 1.165) is 36.8 Å². The third-order valence-corrected chi connectivity index (χ3v) is 5.18. The van der Waals surface area contributed by atoms with Crippen LogP contribution >= 0.6 is 11.7 Å². The highest BCUT2D eigenvalue weighted by Gasteiger charge is 2.25. The summed E-state index contributed by atoms with van der Waals surface area (Å²) < 4.78 is 8.62. The molecule has 0 saturated carbocycles. The monoisotopic (exact) mass is 325 g/mol. The average molecular weight is 325 g/mol. The molecule has 0 bridgehead atoms. The molecule has 0 radical (unpaired) electrons. The number of fused-ring (bicyclic) bond motifs is 2. The fourth-order valence-corrected chi connectivity index (χ4v) is 3.98. The Labute approximate surface area is 139 Å². The zero-order valence-electron chi connectivity index (χ0n) is 12.9. The van der Waals surface area contributed by atoms with Crippen molar-refractivity contribution in [3.8, 4) is 0 Å². The molecule has 0 fully saturated rings. The quantitative estimate of drug-likeness (QED) is 0.799. The van der Waals surface area contributed by atoms with E-state index in [0.29, 0.717) is 6.04 Å². The Morgan fingerprint density at radius 1 is 1.13 bits per heavy atom. The molecule has 0 saturated heterocycles. The van der Waals surface area contributed by atoms with Crippen molar-refractivity contribution >= 4 is 28.4 Å². The number of rotatable bonds is 4. The van der Waals surface area contributed by atoms with Crippen molar-refractivity contribution in [2.24, 2.45) is 0 Å². The first kappa shape index (κ1) is 14.6. The summed E-state index contributed by atoms with van der Waals surface area (Å²) in [5.41, 5.74) is 5.87. The van der Waals surface area contributed by atoms with Crippen molar-refractivity contribution < 1.29 is 5.11 Å². The van der Waals surface area contributed by atoms with Gasteiger partial charge in [-0.1, -0.05) is 24.3 Å². The van der Waals surface area contributed by atoms with Gasteiger partial charge in [0.25, 0.3) is 0 Å². The van der Waals surface area contributed by atoms with Crippen LogP contribution in [0.3, 0.4) is 0 Å². The van der Waals surface area contributed by atoms with Crippen LogP contribution in [0.5, 0.6) is 0 Å². The zero-order valence-corrected chi connectivity index (χ0v) is 13.7. The molecule has 118 valence electrons. The fourth-order valence-electron chi connectivity index (χ4n) is 3.46. The summed E-state index contributed by atoms with van der Waals surface area (Å²) in [5.74, 6) is 0. The maximum absolute atomic E-state index is 9.42. The molecule has 4 nitrogen and oxygen atoms in total. The summed E-state index contributed by atoms with van der Waals surface area (Å²) in [7, 11) is 0. The van der Waals surface area contributed by atoms with Gasteiger partial charge in [0.2, 0.25) is 0 Å². The number of aliphatic hydroxyl groups is 1. The van der Waals surface area contributed by atoms with E-state index < -0.39 is 0 Å². The maximum Gasteiger partial charge on any atom is 0.105 e. The van der Waals surface area contributed by atoms with Gasteiger partial charge in [-0.15, -0.1) is 0 Å². The van der Waals surface area contributed by atoms with Crippen LogP contribution in [0.4, 0.5) is 5.69 Å². The van der Waals surface area contributed by atoms with Crippen LogP contribution in [0, 0.1) is 0 Å². The predicted molar refractivity (Wildman–Crippen MR) is 93.9 cm³/mol. The molecule has 1 atom stereocenters. The largest absolute Gasteiger partial charge is 0.396 e. The minimum atomic E-state index is 0.234. The number of anilines is 1. The SMILES string of the molecule is OCCC1CCc2ccccc2N1Cc1ccc2nsnc2c1. The van der Waals surface area contributed by atoms with Crippen molar-refractivity contribution in [2.45, 2.75) is 31.8 Å². The molecule has 1 aliphatic heterocycles. The van der Waals surface area contributed by atoms with E-state index >= 15 is 0 Å². The zero-order chi connectivity index (χ0) is 15.6. The number of aromatic nitrogens is 2. The first-order valence-corrected chi connectivity index (χ1v) is 8.75. The minimum Gasteiger partial charge on any atom is -0.396 e. The standard InChI is InChI=1S/C18H19N3OS/c22-10-9-15-7-6-14-3-1-2-4-18(14)21(15)12-13-5-8-16-17(11-13)20-23-19-16/h1-5,8,11,15,22H,6-7,9-10,12H2. The minimum absolute atomic E-state index is 0.234. The Bertz CT molecular complexity index is 817. The van der Waals surface area contributed by atoms with Crippen molar-refractivity contribution in [3.05, 3.63) is 53.6 Å². The lowest BCUT2D eigenvalue weighted by Gasteiger charge is -2.39. The molecule has 1 N–H and O–H groups in total. The molecule has 4 rings (SSSR count). The third kappa shape index (κ3) is 2.82.